The van der Waals surface area contributed by atoms with Crippen molar-refractivity contribution in [1.29, 1.82) is 0 Å². The molecule has 1 aromatic rings. The van der Waals surface area contributed by atoms with E-state index in [4.69, 9.17) is 10.9 Å². The molecule has 4 N–H and O–H groups in total. The lowest BCUT2D eigenvalue weighted by atomic mass is 10.3. The summed E-state index contributed by atoms with van der Waals surface area (Å²) in [7, 11) is -4.20. The van der Waals surface area contributed by atoms with Crippen molar-refractivity contribution in [3.05, 3.63) is 18.2 Å². The van der Waals surface area contributed by atoms with Gasteiger partial charge < -0.3 is 10.5 Å². The fourth-order valence-corrected chi connectivity index (χ4v) is 1.73. The molecule has 0 amide bonds. The van der Waals surface area contributed by atoms with Crippen molar-refractivity contribution >= 4 is 15.7 Å². The first-order valence-electron chi connectivity index (χ1n) is 4.21. The van der Waals surface area contributed by atoms with Crippen LogP contribution in [0.15, 0.2) is 23.1 Å². The van der Waals surface area contributed by atoms with Crippen LogP contribution in [0.1, 0.15) is 0 Å². The van der Waals surface area contributed by atoms with Gasteiger partial charge in [0, 0.05) is 5.69 Å². The SMILES string of the molecule is Nc1ccc(OCC(F)(F)F)c(S(N)(=O)=O)c1. The number of anilines is 1. The number of alkyl halides is 3. The number of hydrogen-bond acceptors (Lipinski definition) is 4. The number of halogens is 3. The summed E-state index contributed by atoms with van der Waals surface area (Å²) in [5, 5.41) is 4.82. The van der Waals surface area contributed by atoms with Crippen molar-refractivity contribution in [3.8, 4) is 5.75 Å². The fraction of sp³-hybridized carbons (Fsp3) is 0.250. The van der Waals surface area contributed by atoms with Crippen molar-refractivity contribution in [2.45, 2.75) is 11.1 Å². The molecule has 0 fully saturated rings. The Morgan fingerprint density at radius 2 is 1.88 bits per heavy atom. The second kappa shape index (κ2) is 4.41. The minimum atomic E-state index is -4.57. The van der Waals surface area contributed by atoms with E-state index in [2.05, 4.69) is 4.74 Å². The van der Waals surface area contributed by atoms with Gasteiger partial charge in [0.25, 0.3) is 0 Å². The summed E-state index contributed by atoms with van der Waals surface area (Å²) in [6.45, 7) is -1.61. The molecule has 0 saturated heterocycles. The van der Waals surface area contributed by atoms with Gasteiger partial charge in [0.2, 0.25) is 10.0 Å². The number of sulfonamides is 1. The molecule has 0 saturated carbocycles. The standard InChI is InChI=1S/C8H9F3N2O3S/c9-8(10,11)4-16-6-2-1-5(12)3-7(6)17(13,14)15/h1-3H,4,12H2,(H2,13,14,15). The highest BCUT2D eigenvalue weighted by atomic mass is 32.2. The summed E-state index contributed by atoms with van der Waals surface area (Å²) in [6, 6.07) is 3.16. The maximum atomic E-state index is 11.9. The summed E-state index contributed by atoms with van der Waals surface area (Å²) in [5.74, 6) is -0.487. The maximum absolute atomic E-state index is 11.9. The molecular weight excluding hydrogens is 261 g/mol. The predicted octanol–water partition coefficient (Wildman–Crippen LogP) is 0.857. The molecule has 5 nitrogen and oxygen atoms in total. The van der Waals surface area contributed by atoms with E-state index in [-0.39, 0.29) is 5.69 Å². The lowest BCUT2D eigenvalue weighted by Crippen LogP contribution is -2.21. The Bertz CT molecular complexity index is 513. The van der Waals surface area contributed by atoms with Gasteiger partial charge in [-0.2, -0.15) is 13.2 Å². The van der Waals surface area contributed by atoms with E-state index in [1.54, 1.807) is 0 Å². The molecular formula is C8H9F3N2O3S. The van der Waals surface area contributed by atoms with Crippen LogP contribution in [0.2, 0.25) is 0 Å². The zero-order valence-corrected chi connectivity index (χ0v) is 9.18. The lowest BCUT2D eigenvalue weighted by molar-refractivity contribution is -0.153. The Labute approximate surface area is 95.2 Å². The number of ether oxygens (including phenoxy) is 1. The van der Waals surface area contributed by atoms with Crippen LogP contribution in [0.4, 0.5) is 18.9 Å². The van der Waals surface area contributed by atoms with E-state index >= 15 is 0 Å². The van der Waals surface area contributed by atoms with Crippen LogP contribution in [0.3, 0.4) is 0 Å². The molecule has 0 heterocycles. The third kappa shape index (κ3) is 4.11. The number of rotatable bonds is 3. The fourth-order valence-electron chi connectivity index (χ4n) is 1.03. The highest BCUT2D eigenvalue weighted by molar-refractivity contribution is 7.89. The van der Waals surface area contributed by atoms with E-state index in [0.717, 1.165) is 12.1 Å². The highest BCUT2D eigenvalue weighted by Gasteiger charge is 2.29. The van der Waals surface area contributed by atoms with E-state index in [1.807, 2.05) is 0 Å². The molecule has 96 valence electrons. The molecule has 0 aliphatic rings. The summed E-state index contributed by atoms with van der Waals surface area (Å²) in [6.07, 6.45) is -4.57. The molecule has 0 aromatic heterocycles. The summed E-state index contributed by atoms with van der Waals surface area (Å²) in [4.78, 5) is -0.582. The number of primary sulfonamides is 1. The second-order valence-electron chi connectivity index (χ2n) is 3.16. The molecule has 0 radical (unpaired) electrons. The third-order valence-electron chi connectivity index (χ3n) is 1.67. The van der Waals surface area contributed by atoms with Crippen LogP contribution in [0.5, 0.6) is 5.75 Å². The molecule has 0 aliphatic carbocycles. The zero-order valence-electron chi connectivity index (χ0n) is 8.36. The molecule has 1 rings (SSSR count). The van der Waals surface area contributed by atoms with Gasteiger partial charge in [0.15, 0.2) is 6.61 Å². The van der Waals surface area contributed by atoms with E-state index in [1.165, 1.54) is 6.07 Å². The van der Waals surface area contributed by atoms with Crippen LogP contribution in [0.25, 0.3) is 0 Å². The van der Waals surface area contributed by atoms with E-state index in [0.29, 0.717) is 0 Å². The maximum Gasteiger partial charge on any atom is 0.422 e. The van der Waals surface area contributed by atoms with Gasteiger partial charge in [-0.15, -0.1) is 0 Å². The van der Waals surface area contributed by atoms with Gasteiger partial charge in [-0.1, -0.05) is 0 Å². The molecule has 0 unspecified atom stereocenters. The van der Waals surface area contributed by atoms with Gasteiger partial charge >= 0.3 is 6.18 Å². The molecule has 0 atom stereocenters. The highest BCUT2D eigenvalue weighted by Crippen LogP contribution is 2.27. The Kier molecular flexibility index (Phi) is 3.53. The molecule has 0 bridgehead atoms. The van der Waals surface area contributed by atoms with Crippen LogP contribution in [-0.4, -0.2) is 21.2 Å². The number of nitrogen functional groups attached to an aromatic ring is 1. The largest absolute Gasteiger partial charge is 0.483 e. The van der Waals surface area contributed by atoms with E-state index in [9.17, 15) is 21.6 Å². The number of hydrogen-bond donors (Lipinski definition) is 2. The van der Waals surface area contributed by atoms with Crippen molar-refractivity contribution in [2.24, 2.45) is 5.14 Å². The summed E-state index contributed by atoms with van der Waals surface area (Å²) < 4.78 is 62.3. The smallest absolute Gasteiger partial charge is 0.422 e. The Morgan fingerprint density at radius 1 is 1.29 bits per heavy atom. The predicted molar refractivity (Wildman–Crippen MR) is 53.8 cm³/mol. The third-order valence-corrected chi connectivity index (χ3v) is 2.60. The first-order chi connectivity index (χ1) is 7.59. The number of benzene rings is 1. The average molecular weight is 270 g/mol. The van der Waals surface area contributed by atoms with Gasteiger partial charge in [0.05, 0.1) is 0 Å². The van der Waals surface area contributed by atoms with Gasteiger partial charge in [-0.05, 0) is 18.2 Å². The monoisotopic (exact) mass is 270 g/mol. The van der Waals surface area contributed by atoms with Crippen molar-refractivity contribution in [2.75, 3.05) is 12.3 Å². The van der Waals surface area contributed by atoms with Crippen LogP contribution >= 0.6 is 0 Å². The van der Waals surface area contributed by atoms with Crippen LogP contribution in [0, 0.1) is 0 Å². The van der Waals surface area contributed by atoms with E-state index < -0.39 is 33.5 Å². The molecule has 0 aliphatic heterocycles. The summed E-state index contributed by atoms with van der Waals surface area (Å²) >= 11 is 0. The van der Waals surface area contributed by atoms with Crippen molar-refractivity contribution < 1.29 is 26.3 Å². The molecule has 0 spiro atoms. The first kappa shape index (κ1) is 13.6. The Hall–Kier alpha value is -1.48. The van der Waals surface area contributed by atoms with Gasteiger partial charge in [-0.3, -0.25) is 0 Å². The second-order valence-corrected chi connectivity index (χ2v) is 4.68. The Morgan fingerprint density at radius 3 is 2.35 bits per heavy atom. The first-order valence-corrected chi connectivity index (χ1v) is 5.76. The molecule has 1 aromatic carbocycles. The minimum Gasteiger partial charge on any atom is -0.483 e. The topological polar surface area (TPSA) is 95.4 Å². The summed E-state index contributed by atoms with van der Waals surface area (Å²) in [5.41, 5.74) is 5.36. The molecule has 9 heteroatoms. The average Bonchev–Trinajstić information content (AvgIpc) is 2.13. The minimum absolute atomic E-state index is 0.0494. The lowest BCUT2D eigenvalue weighted by Gasteiger charge is -2.12. The van der Waals surface area contributed by atoms with Crippen LogP contribution in [-0.2, 0) is 10.0 Å². The zero-order chi connectivity index (χ0) is 13.3. The normalized spacial score (nSPS) is 12.5. The molecule has 17 heavy (non-hydrogen) atoms. The van der Waals surface area contributed by atoms with Gasteiger partial charge in [0.1, 0.15) is 10.6 Å². The Balaban J connectivity index is 3.08. The van der Waals surface area contributed by atoms with Crippen molar-refractivity contribution in [1.82, 2.24) is 0 Å². The van der Waals surface area contributed by atoms with Gasteiger partial charge in [-0.25, -0.2) is 13.6 Å². The quantitative estimate of drug-likeness (QED) is 0.796. The van der Waals surface area contributed by atoms with Crippen molar-refractivity contribution in [3.63, 3.8) is 0 Å². The number of nitrogens with two attached hydrogens (primary N) is 2. The van der Waals surface area contributed by atoms with Crippen LogP contribution < -0.4 is 15.6 Å².